The number of ether oxygens (including phenoxy) is 1. The van der Waals surface area contributed by atoms with Gasteiger partial charge in [-0.2, -0.15) is 0 Å². The molecule has 0 saturated carbocycles. The number of likely N-dealkylation sites (N-methyl/N-ethyl adjacent to an activating group) is 1. The van der Waals surface area contributed by atoms with Gasteiger partial charge in [-0.15, -0.1) is 0 Å². The van der Waals surface area contributed by atoms with Crippen molar-refractivity contribution in [3.63, 3.8) is 0 Å². The lowest BCUT2D eigenvalue weighted by atomic mass is 9.97. The predicted octanol–water partition coefficient (Wildman–Crippen LogP) is 2.13. The zero-order valence-electron chi connectivity index (χ0n) is 10.6. The van der Waals surface area contributed by atoms with Crippen molar-refractivity contribution < 1.29 is 4.74 Å². The first-order valence-electron chi connectivity index (χ1n) is 6.39. The fourth-order valence-corrected chi connectivity index (χ4v) is 2.95. The number of fused-ring (bicyclic) bond motifs is 1. The maximum Gasteiger partial charge on any atom is 0.131 e. The van der Waals surface area contributed by atoms with Crippen molar-refractivity contribution in [3.8, 4) is 5.75 Å². The van der Waals surface area contributed by atoms with E-state index >= 15 is 0 Å². The van der Waals surface area contributed by atoms with Gasteiger partial charge in [-0.3, -0.25) is 4.90 Å². The Morgan fingerprint density at radius 2 is 2.18 bits per heavy atom. The van der Waals surface area contributed by atoms with E-state index in [1.807, 2.05) is 0 Å². The van der Waals surface area contributed by atoms with E-state index in [1.54, 1.807) is 0 Å². The minimum absolute atomic E-state index is 0.00233. The topological polar surface area (TPSA) is 24.5 Å². The van der Waals surface area contributed by atoms with Crippen molar-refractivity contribution in [1.29, 1.82) is 0 Å². The van der Waals surface area contributed by atoms with Gasteiger partial charge in [0.25, 0.3) is 0 Å². The monoisotopic (exact) mass is 232 g/mol. The van der Waals surface area contributed by atoms with Crippen molar-refractivity contribution >= 4 is 5.69 Å². The summed E-state index contributed by atoms with van der Waals surface area (Å²) in [5.41, 5.74) is 2.67. The molecule has 1 aromatic rings. The van der Waals surface area contributed by atoms with Crippen LogP contribution in [0.5, 0.6) is 5.75 Å². The Morgan fingerprint density at radius 3 is 2.94 bits per heavy atom. The summed E-state index contributed by atoms with van der Waals surface area (Å²) >= 11 is 0. The van der Waals surface area contributed by atoms with E-state index in [0.717, 1.165) is 25.4 Å². The smallest absolute Gasteiger partial charge is 0.131 e. The van der Waals surface area contributed by atoms with E-state index in [2.05, 4.69) is 42.4 Å². The Morgan fingerprint density at radius 1 is 1.35 bits per heavy atom. The molecule has 0 amide bonds. The van der Waals surface area contributed by atoms with Gasteiger partial charge < -0.3 is 10.1 Å². The molecule has 0 unspecified atom stereocenters. The Hall–Kier alpha value is -1.22. The third kappa shape index (κ3) is 2.12. The third-order valence-electron chi connectivity index (χ3n) is 3.59. The average molecular weight is 232 g/mol. The molecule has 0 aliphatic carbocycles. The van der Waals surface area contributed by atoms with Gasteiger partial charge in [-0.1, -0.05) is 6.07 Å². The Labute approximate surface area is 103 Å². The summed E-state index contributed by atoms with van der Waals surface area (Å²) in [5, 5.41) is 3.44. The number of hydrogen-bond donors (Lipinski definition) is 1. The summed E-state index contributed by atoms with van der Waals surface area (Å²) in [6.45, 7) is 5.28. The highest BCUT2D eigenvalue weighted by molar-refractivity contribution is 5.56. The number of likely N-dealkylation sites (tertiary alicyclic amines) is 1. The van der Waals surface area contributed by atoms with Crippen LogP contribution in [0.4, 0.5) is 5.69 Å². The maximum absolute atomic E-state index is 6.09. The normalized spacial score (nSPS) is 22.2. The highest BCUT2D eigenvalue weighted by Gasteiger charge is 2.38. The second kappa shape index (κ2) is 3.91. The molecule has 2 heterocycles. The molecule has 0 spiro atoms. The maximum atomic E-state index is 6.09. The molecule has 0 radical (unpaired) electrons. The largest absolute Gasteiger partial charge is 0.485 e. The number of nitrogens with zero attached hydrogens (tertiary/aromatic N) is 1. The highest BCUT2D eigenvalue weighted by atomic mass is 16.5. The SMILES string of the molecule is CN1CC(C)(Oc2ccc3c(c2)NCCC3)C1. The van der Waals surface area contributed by atoms with Crippen molar-refractivity contribution in [3.05, 3.63) is 23.8 Å². The molecular formula is C14H20N2O. The Bertz CT molecular complexity index is 424. The van der Waals surface area contributed by atoms with Crippen molar-refractivity contribution in [2.75, 3.05) is 32.0 Å². The van der Waals surface area contributed by atoms with Crippen LogP contribution in [0, 0.1) is 0 Å². The number of anilines is 1. The first kappa shape index (κ1) is 10.9. The van der Waals surface area contributed by atoms with Gasteiger partial charge in [0.15, 0.2) is 0 Å². The van der Waals surface area contributed by atoms with Crippen LogP contribution in [0.15, 0.2) is 18.2 Å². The first-order valence-corrected chi connectivity index (χ1v) is 6.39. The van der Waals surface area contributed by atoms with E-state index < -0.39 is 0 Å². The lowest BCUT2D eigenvalue weighted by molar-refractivity contribution is -0.0495. The quantitative estimate of drug-likeness (QED) is 0.845. The highest BCUT2D eigenvalue weighted by Crippen LogP contribution is 2.31. The van der Waals surface area contributed by atoms with E-state index in [4.69, 9.17) is 4.74 Å². The third-order valence-corrected chi connectivity index (χ3v) is 3.59. The number of hydrogen-bond acceptors (Lipinski definition) is 3. The molecular weight excluding hydrogens is 212 g/mol. The molecule has 2 aliphatic heterocycles. The Balaban J connectivity index is 1.75. The molecule has 3 rings (SSSR count). The van der Waals surface area contributed by atoms with Crippen LogP contribution in [0.1, 0.15) is 18.9 Å². The van der Waals surface area contributed by atoms with Crippen molar-refractivity contribution in [2.24, 2.45) is 0 Å². The molecule has 2 aliphatic rings. The second-order valence-corrected chi connectivity index (χ2v) is 5.57. The molecule has 1 aromatic carbocycles. The fraction of sp³-hybridized carbons (Fsp3) is 0.571. The molecule has 3 heteroatoms. The van der Waals surface area contributed by atoms with Gasteiger partial charge in [-0.05, 0) is 38.4 Å². The van der Waals surface area contributed by atoms with Gasteiger partial charge >= 0.3 is 0 Å². The van der Waals surface area contributed by atoms with Gasteiger partial charge in [0.2, 0.25) is 0 Å². The molecule has 0 aromatic heterocycles. The zero-order valence-corrected chi connectivity index (χ0v) is 10.6. The van der Waals surface area contributed by atoms with Gasteiger partial charge in [0, 0.05) is 31.4 Å². The van der Waals surface area contributed by atoms with E-state index in [9.17, 15) is 0 Å². The molecule has 1 N–H and O–H groups in total. The molecule has 1 fully saturated rings. The number of aryl methyl sites for hydroxylation is 1. The second-order valence-electron chi connectivity index (χ2n) is 5.57. The van der Waals surface area contributed by atoms with Gasteiger partial charge in [0.05, 0.1) is 0 Å². The molecule has 3 nitrogen and oxygen atoms in total. The average Bonchev–Trinajstić information content (AvgIpc) is 2.27. The van der Waals surface area contributed by atoms with E-state index in [1.165, 1.54) is 24.1 Å². The minimum Gasteiger partial charge on any atom is -0.485 e. The van der Waals surface area contributed by atoms with E-state index in [-0.39, 0.29) is 5.60 Å². The zero-order chi connectivity index (χ0) is 11.9. The summed E-state index contributed by atoms with van der Waals surface area (Å²) in [6.07, 6.45) is 2.42. The van der Waals surface area contributed by atoms with Gasteiger partial charge in [0.1, 0.15) is 11.4 Å². The lowest BCUT2D eigenvalue weighted by Crippen LogP contribution is -2.61. The molecule has 1 saturated heterocycles. The predicted molar refractivity (Wildman–Crippen MR) is 69.8 cm³/mol. The van der Waals surface area contributed by atoms with Crippen molar-refractivity contribution in [2.45, 2.75) is 25.4 Å². The molecule has 92 valence electrons. The van der Waals surface area contributed by atoms with E-state index in [0.29, 0.717) is 0 Å². The standard InChI is InChI=1S/C14H20N2O/c1-14(9-16(2)10-14)17-12-6-5-11-4-3-7-15-13(11)8-12/h5-6,8,15H,3-4,7,9-10H2,1-2H3. The Kier molecular flexibility index (Phi) is 2.51. The van der Waals surface area contributed by atoms with Crippen LogP contribution >= 0.6 is 0 Å². The molecule has 17 heavy (non-hydrogen) atoms. The summed E-state index contributed by atoms with van der Waals surface area (Å²) in [4.78, 5) is 2.27. The summed E-state index contributed by atoms with van der Waals surface area (Å²) in [7, 11) is 2.12. The van der Waals surface area contributed by atoms with Crippen LogP contribution in [0.3, 0.4) is 0 Å². The lowest BCUT2D eigenvalue weighted by Gasteiger charge is -2.45. The number of nitrogens with one attached hydrogen (secondary N) is 1. The van der Waals surface area contributed by atoms with Crippen LogP contribution in [-0.2, 0) is 6.42 Å². The van der Waals surface area contributed by atoms with Gasteiger partial charge in [-0.25, -0.2) is 0 Å². The number of benzene rings is 1. The minimum atomic E-state index is -0.00233. The van der Waals surface area contributed by atoms with Crippen LogP contribution in [0.2, 0.25) is 0 Å². The first-order chi connectivity index (χ1) is 8.15. The van der Waals surface area contributed by atoms with Crippen LogP contribution in [-0.4, -0.2) is 37.2 Å². The molecule has 0 bridgehead atoms. The number of rotatable bonds is 2. The van der Waals surface area contributed by atoms with Crippen LogP contribution < -0.4 is 10.1 Å². The summed E-state index contributed by atoms with van der Waals surface area (Å²) in [6, 6.07) is 6.45. The summed E-state index contributed by atoms with van der Waals surface area (Å²) in [5.74, 6) is 0.994. The van der Waals surface area contributed by atoms with Crippen LogP contribution in [0.25, 0.3) is 0 Å². The summed E-state index contributed by atoms with van der Waals surface area (Å²) < 4.78 is 6.09. The fourth-order valence-electron chi connectivity index (χ4n) is 2.95. The van der Waals surface area contributed by atoms with Crippen molar-refractivity contribution in [1.82, 2.24) is 4.90 Å². The molecule has 0 atom stereocenters.